The summed E-state index contributed by atoms with van der Waals surface area (Å²) in [6.07, 6.45) is 2.03. The van der Waals surface area contributed by atoms with E-state index in [0.29, 0.717) is 5.92 Å². The van der Waals surface area contributed by atoms with Gasteiger partial charge in [-0.25, -0.2) is 0 Å². The first-order valence-electron chi connectivity index (χ1n) is 8.32. The molecule has 0 radical (unpaired) electrons. The van der Waals surface area contributed by atoms with Crippen molar-refractivity contribution in [3.8, 4) is 0 Å². The number of rotatable bonds is 5. The minimum absolute atomic E-state index is 0.202. The van der Waals surface area contributed by atoms with Crippen molar-refractivity contribution < 1.29 is 0 Å². The van der Waals surface area contributed by atoms with Gasteiger partial charge in [-0.15, -0.1) is 6.58 Å². The quantitative estimate of drug-likeness (QED) is 0.726. The Kier molecular flexibility index (Phi) is 4.81. The maximum atomic E-state index is 6.18. The summed E-state index contributed by atoms with van der Waals surface area (Å²) in [4.78, 5) is 0. The van der Waals surface area contributed by atoms with Crippen LogP contribution in [0, 0.1) is 0 Å². The van der Waals surface area contributed by atoms with Gasteiger partial charge in [0.1, 0.15) is 0 Å². The molecule has 122 valence electrons. The fraction of sp³-hybridized carbons (Fsp3) is 0.364. The number of allylic oxidation sites excluding steroid dienone is 1. The predicted molar refractivity (Wildman–Crippen MR) is 101 cm³/mol. The van der Waals surface area contributed by atoms with Crippen LogP contribution in [0.4, 0.5) is 0 Å². The van der Waals surface area contributed by atoms with Gasteiger partial charge in [0.15, 0.2) is 0 Å². The molecule has 0 aliphatic carbocycles. The van der Waals surface area contributed by atoms with Crippen molar-refractivity contribution in [1.82, 2.24) is 0 Å². The van der Waals surface area contributed by atoms with Crippen LogP contribution in [0.25, 0.3) is 0 Å². The first kappa shape index (κ1) is 17.5. The third kappa shape index (κ3) is 3.56. The maximum absolute atomic E-state index is 6.18. The molecule has 0 saturated carbocycles. The van der Waals surface area contributed by atoms with Crippen LogP contribution in [0.15, 0.2) is 61.2 Å². The van der Waals surface area contributed by atoms with E-state index in [-0.39, 0.29) is 11.0 Å². The zero-order chi connectivity index (χ0) is 17.3. The minimum Gasteiger partial charge on any atom is -0.322 e. The smallest absolute Gasteiger partial charge is 0.0352 e. The van der Waals surface area contributed by atoms with E-state index in [9.17, 15) is 0 Å². The van der Waals surface area contributed by atoms with E-state index >= 15 is 0 Å². The minimum atomic E-state index is -0.317. The lowest BCUT2D eigenvalue weighted by Crippen LogP contribution is -2.29. The highest BCUT2D eigenvalue weighted by atomic mass is 14.7. The molecule has 0 bridgehead atoms. The van der Waals surface area contributed by atoms with Crippen LogP contribution in [-0.4, -0.2) is 0 Å². The van der Waals surface area contributed by atoms with Gasteiger partial charge >= 0.3 is 0 Å². The standard InChI is InChI=1S/C22H29N/c1-7-22(6,19-10-8-17(9-11-19)16(2)3)20-14-12-18(13-15-20)21(4,5)23/h7-16H,1,23H2,2-6H3. The predicted octanol–water partition coefficient (Wildman–Crippen LogP) is 5.50. The van der Waals surface area contributed by atoms with Gasteiger partial charge in [-0.2, -0.15) is 0 Å². The SMILES string of the molecule is C=CC(C)(c1ccc(C(C)C)cc1)c1ccc(C(C)(C)N)cc1. The van der Waals surface area contributed by atoms with Crippen LogP contribution in [0.3, 0.4) is 0 Å². The van der Waals surface area contributed by atoms with E-state index in [1.54, 1.807) is 0 Å². The molecule has 1 nitrogen and oxygen atoms in total. The van der Waals surface area contributed by atoms with E-state index < -0.39 is 0 Å². The van der Waals surface area contributed by atoms with E-state index in [1.807, 2.05) is 19.9 Å². The molecular weight excluding hydrogens is 278 g/mol. The van der Waals surface area contributed by atoms with E-state index in [0.717, 1.165) is 5.56 Å². The summed E-state index contributed by atoms with van der Waals surface area (Å²) < 4.78 is 0. The summed E-state index contributed by atoms with van der Waals surface area (Å²) >= 11 is 0. The zero-order valence-corrected chi connectivity index (χ0v) is 15.1. The first-order chi connectivity index (χ1) is 10.7. The summed E-state index contributed by atoms with van der Waals surface area (Å²) in [6, 6.07) is 17.5. The number of hydrogen-bond acceptors (Lipinski definition) is 1. The lowest BCUT2D eigenvalue weighted by molar-refractivity contribution is 0.553. The Bertz CT molecular complexity index is 657. The molecule has 0 heterocycles. The van der Waals surface area contributed by atoms with Crippen molar-refractivity contribution in [1.29, 1.82) is 0 Å². The molecule has 2 rings (SSSR count). The van der Waals surface area contributed by atoms with Gasteiger partial charge in [0.2, 0.25) is 0 Å². The van der Waals surface area contributed by atoms with Gasteiger partial charge in [0, 0.05) is 11.0 Å². The van der Waals surface area contributed by atoms with Crippen LogP contribution in [0.1, 0.15) is 62.8 Å². The number of benzene rings is 2. The van der Waals surface area contributed by atoms with Crippen molar-refractivity contribution in [2.24, 2.45) is 5.73 Å². The molecule has 0 aromatic heterocycles. The molecule has 1 heteroatoms. The molecule has 1 atom stereocenters. The Labute approximate surface area is 141 Å². The average Bonchev–Trinajstić information content (AvgIpc) is 2.53. The Morgan fingerprint density at radius 1 is 0.826 bits per heavy atom. The highest BCUT2D eigenvalue weighted by Crippen LogP contribution is 2.34. The zero-order valence-electron chi connectivity index (χ0n) is 15.1. The lowest BCUT2D eigenvalue weighted by Gasteiger charge is -2.29. The molecule has 2 aromatic rings. The highest BCUT2D eigenvalue weighted by Gasteiger charge is 2.26. The van der Waals surface area contributed by atoms with Crippen molar-refractivity contribution >= 4 is 0 Å². The summed E-state index contributed by atoms with van der Waals surface area (Å²) in [5, 5.41) is 0. The Balaban J connectivity index is 2.42. The van der Waals surface area contributed by atoms with Gasteiger partial charge in [0.05, 0.1) is 0 Å². The topological polar surface area (TPSA) is 26.0 Å². The highest BCUT2D eigenvalue weighted by molar-refractivity contribution is 5.45. The third-order valence-corrected chi connectivity index (χ3v) is 4.81. The molecule has 0 aliphatic heterocycles. The largest absolute Gasteiger partial charge is 0.322 e. The van der Waals surface area contributed by atoms with Crippen LogP contribution in [0.2, 0.25) is 0 Å². The van der Waals surface area contributed by atoms with Crippen molar-refractivity contribution in [2.75, 3.05) is 0 Å². The third-order valence-electron chi connectivity index (χ3n) is 4.81. The lowest BCUT2D eigenvalue weighted by atomic mass is 9.75. The molecule has 23 heavy (non-hydrogen) atoms. The molecule has 1 unspecified atom stereocenters. The Morgan fingerprint density at radius 2 is 1.22 bits per heavy atom. The number of hydrogen-bond donors (Lipinski definition) is 1. The molecule has 2 aromatic carbocycles. The molecule has 0 spiro atoms. The molecular formula is C22H29N. The normalized spacial score (nSPS) is 14.6. The summed E-state index contributed by atoms with van der Waals surface area (Å²) in [7, 11) is 0. The fourth-order valence-corrected chi connectivity index (χ4v) is 2.86. The van der Waals surface area contributed by atoms with E-state index in [2.05, 4.69) is 75.9 Å². The summed E-state index contributed by atoms with van der Waals surface area (Å²) in [5.74, 6) is 0.546. The number of nitrogens with two attached hydrogens (primary N) is 1. The van der Waals surface area contributed by atoms with Crippen LogP contribution in [-0.2, 0) is 11.0 Å². The fourth-order valence-electron chi connectivity index (χ4n) is 2.86. The van der Waals surface area contributed by atoms with Gasteiger partial charge in [-0.1, -0.05) is 68.5 Å². The van der Waals surface area contributed by atoms with Crippen molar-refractivity contribution in [3.63, 3.8) is 0 Å². The van der Waals surface area contributed by atoms with Crippen LogP contribution in [0.5, 0.6) is 0 Å². The molecule has 0 fully saturated rings. The molecule has 0 saturated heterocycles. The molecule has 2 N–H and O–H groups in total. The summed E-state index contributed by atoms with van der Waals surface area (Å²) in [5.41, 5.74) is 10.7. The maximum Gasteiger partial charge on any atom is 0.0352 e. The van der Waals surface area contributed by atoms with Gasteiger partial charge < -0.3 is 5.73 Å². The monoisotopic (exact) mass is 307 g/mol. The van der Waals surface area contributed by atoms with E-state index in [4.69, 9.17) is 5.73 Å². The second kappa shape index (κ2) is 6.33. The first-order valence-corrected chi connectivity index (χ1v) is 8.32. The molecule has 0 amide bonds. The van der Waals surface area contributed by atoms with Crippen molar-refractivity contribution in [3.05, 3.63) is 83.4 Å². The van der Waals surface area contributed by atoms with Crippen LogP contribution < -0.4 is 5.73 Å². The van der Waals surface area contributed by atoms with E-state index in [1.165, 1.54) is 16.7 Å². The van der Waals surface area contributed by atoms with Crippen molar-refractivity contribution in [2.45, 2.75) is 51.5 Å². The Morgan fingerprint density at radius 3 is 1.57 bits per heavy atom. The van der Waals surface area contributed by atoms with Gasteiger partial charge in [-0.3, -0.25) is 0 Å². The summed E-state index contributed by atoms with van der Waals surface area (Å²) in [6.45, 7) is 14.8. The second-order valence-electron chi connectivity index (χ2n) is 7.48. The van der Waals surface area contributed by atoms with Gasteiger partial charge in [0.25, 0.3) is 0 Å². The second-order valence-corrected chi connectivity index (χ2v) is 7.48. The van der Waals surface area contributed by atoms with Gasteiger partial charge in [-0.05, 0) is 48.9 Å². The average molecular weight is 307 g/mol. The Hall–Kier alpha value is -1.86. The van der Waals surface area contributed by atoms with Crippen LogP contribution >= 0.6 is 0 Å². The molecule has 0 aliphatic rings.